The van der Waals surface area contributed by atoms with Gasteiger partial charge in [-0.25, -0.2) is 8.42 Å². The van der Waals surface area contributed by atoms with Crippen LogP contribution in [0.2, 0.25) is 0 Å². The Bertz CT molecular complexity index is 771. The first kappa shape index (κ1) is 15.6. The van der Waals surface area contributed by atoms with E-state index in [-0.39, 0.29) is 28.7 Å². The second kappa shape index (κ2) is 5.38. The van der Waals surface area contributed by atoms with Crippen molar-refractivity contribution in [3.63, 3.8) is 0 Å². The Morgan fingerprint density at radius 2 is 2.05 bits per heavy atom. The number of thioether (sulfide) groups is 1. The number of benzene rings is 1. The lowest BCUT2D eigenvalue weighted by molar-refractivity contribution is -0.115. The lowest BCUT2D eigenvalue weighted by atomic mass is 10.1. The topological polar surface area (TPSA) is 66.8 Å². The maximum atomic E-state index is 12.0. The smallest absolute Gasteiger partial charge is 0.244 e. The van der Waals surface area contributed by atoms with E-state index in [2.05, 4.69) is 4.99 Å². The van der Waals surface area contributed by atoms with Crippen molar-refractivity contribution in [2.75, 3.05) is 16.4 Å². The Hall–Kier alpha value is -1.34. The van der Waals surface area contributed by atoms with E-state index >= 15 is 0 Å². The lowest BCUT2D eigenvalue weighted by Crippen LogP contribution is -2.38. The van der Waals surface area contributed by atoms with Gasteiger partial charge in [0.2, 0.25) is 5.91 Å². The molecule has 0 bridgehead atoms. The first-order valence-corrected chi connectivity index (χ1v) is 9.80. The van der Waals surface area contributed by atoms with Crippen molar-refractivity contribution in [2.45, 2.75) is 32.1 Å². The van der Waals surface area contributed by atoms with Gasteiger partial charge in [-0.2, -0.15) is 4.99 Å². The SMILES string of the molecule is CC(=O)N=C1S[C@H]2CS(=O)(=O)C[C@H]2N1c1cc(C)ccc1C. The second-order valence-corrected chi connectivity index (χ2v) is 9.23. The fraction of sp³-hybridized carbons (Fsp3) is 0.467. The number of sulfone groups is 1. The van der Waals surface area contributed by atoms with Gasteiger partial charge in [-0.1, -0.05) is 23.9 Å². The minimum absolute atomic E-state index is 0.0528. The number of hydrogen-bond donors (Lipinski definition) is 0. The van der Waals surface area contributed by atoms with Gasteiger partial charge >= 0.3 is 0 Å². The van der Waals surface area contributed by atoms with Gasteiger partial charge in [0.15, 0.2) is 15.0 Å². The zero-order valence-electron chi connectivity index (χ0n) is 12.7. The first-order chi connectivity index (χ1) is 10.3. The molecule has 118 valence electrons. The van der Waals surface area contributed by atoms with Gasteiger partial charge in [-0.3, -0.25) is 4.79 Å². The highest BCUT2D eigenvalue weighted by molar-refractivity contribution is 8.16. The summed E-state index contributed by atoms with van der Waals surface area (Å²) in [6, 6.07) is 5.91. The number of fused-ring (bicyclic) bond motifs is 1. The number of aliphatic imine (C=N–C) groups is 1. The zero-order chi connectivity index (χ0) is 16.1. The lowest BCUT2D eigenvalue weighted by Gasteiger charge is -2.26. The maximum Gasteiger partial charge on any atom is 0.244 e. The molecule has 0 saturated carbocycles. The van der Waals surface area contributed by atoms with Crippen LogP contribution in [0.25, 0.3) is 0 Å². The molecule has 2 atom stereocenters. The monoisotopic (exact) mass is 338 g/mol. The molecule has 0 radical (unpaired) electrons. The molecule has 7 heteroatoms. The molecular weight excluding hydrogens is 320 g/mol. The molecule has 0 aromatic heterocycles. The van der Waals surface area contributed by atoms with Gasteiger partial charge in [0.1, 0.15) is 0 Å². The maximum absolute atomic E-state index is 12.0. The Kier molecular flexibility index (Phi) is 3.81. The number of carbonyl (C=O) groups excluding carboxylic acids is 1. The number of rotatable bonds is 1. The minimum atomic E-state index is -3.02. The molecular formula is C15H18N2O3S2. The minimum Gasteiger partial charge on any atom is -0.315 e. The van der Waals surface area contributed by atoms with Crippen LogP contribution in [-0.2, 0) is 14.6 Å². The zero-order valence-corrected chi connectivity index (χ0v) is 14.4. The Balaban J connectivity index is 2.10. The summed E-state index contributed by atoms with van der Waals surface area (Å²) in [5, 5.41) is 0.564. The number of hydrogen-bond acceptors (Lipinski definition) is 4. The van der Waals surface area contributed by atoms with Crippen LogP contribution in [0, 0.1) is 13.8 Å². The summed E-state index contributed by atoms with van der Waals surface area (Å²) >= 11 is 1.41. The number of amides is 1. The Labute approximate surface area is 134 Å². The van der Waals surface area contributed by atoms with E-state index in [1.165, 1.54) is 18.7 Å². The van der Waals surface area contributed by atoms with Gasteiger partial charge < -0.3 is 4.90 Å². The molecule has 2 fully saturated rings. The number of nitrogens with zero attached hydrogens (tertiary/aromatic N) is 2. The first-order valence-electron chi connectivity index (χ1n) is 7.10. The summed E-state index contributed by atoms with van der Waals surface area (Å²) < 4.78 is 23.9. The fourth-order valence-corrected chi connectivity index (χ4v) is 6.91. The molecule has 22 heavy (non-hydrogen) atoms. The molecule has 0 spiro atoms. The highest BCUT2D eigenvalue weighted by Crippen LogP contribution is 2.42. The van der Waals surface area contributed by atoms with E-state index in [0.717, 1.165) is 16.8 Å². The van der Waals surface area contributed by atoms with Crippen LogP contribution in [0.4, 0.5) is 5.69 Å². The molecule has 2 aliphatic heterocycles. The molecule has 3 rings (SSSR count). The predicted octanol–water partition coefficient (Wildman–Crippen LogP) is 1.92. The van der Waals surface area contributed by atoms with Gasteiger partial charge in [0, 0.05) is 17.9 Å². The molecule has 0 aliphatic carbocycles. The summed E-state index contributed by atoms with van der Waals surface area (Å²) in [6.45, 7) is 5.40. The number of anilines is 1. The molecule has 5 nitrogen and oxygen atoms in total. The number of carbonyl (C=O) groups is 1. The summed E-state index contributed by atoms with van der Waals surface area (Å²) in [5.41, 5.74) is 3.08. The van der Waals surface area contributed by atoms with E-state index in [4.69, 9.17) is 0 Å². The van der Waals surface area contributed by atoms with E-state index < -0.39 is 9.84 Å². The average Bonchev–Trinajstić information content (AvgIpc) is 2.83. The van der Waals surface area contributed by atoms with E-state index in [1.54, 1.807) is 0 Å². The third-order valence-electron chi connectivity index (χ3n) is 3.94. The van der Waals surface area contributed by atoms with Crippen molar-refractivity contribution >= 4 is 38.4 Å². The van der Waals surface area contributed by atoms with Gasteiger partial charge in [-0.05, 0) is 31.0 Å². The van der Waals surface area contributed by atoms with Crippen LogP contribution in [0.1, 0.15) is 18.1 Å². The summed E-state index contributed by atoms with van der Waals surface area (Å²) in [5.74, 6) is 0.0101. The normalized spacial score (nSPS) is 28.1. The largest absolute Gasteiger partial charge is 0.315 e. The third-order valence-corrected chi connectivity index (χ3v) is 7.15. The second-order valence-electron chi connectivity index (χ2n) is 5.87. The molecule has 2 saturated heterocycles. The average molecular weight is 338 g/mol. The van der Waals surface area contributed by atoms with Crippen molar-refractivity contribution in [1.29, 1.82) is 0 Å². The Morgan fingerprint density at radius 3 is 2.73 bits per heavy atom. The Morgan fingerprint density at radius 1 is 1.32 bits per heavy atom. The van der Waals surface area contributed by atoms with E-state index in [1.807, 2.05) is 36.9 Å². The van der Waals surface area contributed by atoms with Crippen molar-refractivity contribution in [1.82, 2.24) is 0 Å². The van der Waals surface area contributed by atoms with Crippen molar-refractivity contribution < 1.29 is 13.2 Å². The van der Waals surface area contributed by atoms with Gasteiger partial charge in [0.25, 0.3) is 0 Å². The van der Waals surface area contributed by atoms with Crippen molar-refractivity contribution in [3.05, 3.63) is 29.3 Å². The molecule has 0 unspecified atom stereocenters. The molecule has 0 N–H and O–H groups in total. The standard InChI is InChI=1S/C15H18N2O3S2/c1-9-4-5-10(2)12(6-9)17-13-7-22(19,20)8-14(13)21-15(17)16-11(3)18/h4-6,13-14H,7-8H2,1-3H3/t13-,14+/m1/s1. The van der Waals surface area contributed by atoms with E-state index in [0.29, 0.717) is 5.17 Å². The van der Waals surface area contributed by atoms with Crippen molar-refractivity contribution in [3.8, 4) is 0 Å². The summed E-state index contributed by atoms with van der Waals surface area (Å²) in [6.07, 6.45) is 0. The number of aryl methyl sites for hydroxylation is 2. The third kappa shape index (κ3) is 2.79. The fourth-order valence-electron chi connectivity index (χ4n) is 2.96. The quantitative estimate of drug-likeness (QED) is 0.783. The van der Waals surface area contributed by atoms with Crippen LogP contribution >= 0.6 is 11.8 Å². The van der Waals surface area contributed by atoms with Crippen LogP contribution in [0.5, 0.6) is 0 Å². The molecule has 2 heterocycles. The van der Waals surface area contributed by atoms with Crippen LogP contribution < -0.4 is 4.90 Å². The number of amidine groups is 1. The van der Waals surface area contributed by atoms with Crippen LogP contribution in [-0.4, -0.2) is 42.3 Å². The molecule has 2 aliphatic rings. The van der Waals surface area contributed by atoms with E-state index in [9.17, 15) is 13.2 Å². The van der Waals surface area contributed by atoms with Gasteiger partial charge in [-0.15, -0.1) is 0 Å². The van der Waals surface area contributed by atoms with Crippen LogP contribution in [0.3, 0.4) is 0 Å². The van der Waals surface area contributed by atoms with Crippen molar-refractivity contribution in [2.24, 2.45) is 4.99 Å². The van der Waals surface area contributed by atoms with Crippen LogP contribution in [0.15, 0.2) is 23.2 Å². The summed E-state index contributed by atoms with van der Waals surface area (Å²) in [7, 11) is -3.02. The predicted molar refractivity (Wildman–Crippen MR) is 90.3 cm³/mol. The molecule has 1 aromatic carbocycles. The highest BCUT2D eigenvalue weighted by Gasteiger charge is 2.49. The molecule has 1 aromatic rings. The van der Waals surface area contributed by atoms with Gasteiger partial charge in [0.05, 0.1) is 17.5 Å². The molecule has 1 amide bonds. The summed E-state index contributed by atoms with van der Waals surface area (Å²) in [4.78, 5) is 17.5. The highest BCUT2D eigenvalue weighted by atomic mass is 32.2.